The number of benzene rings is 2. The molecule has 1 atom stereocenters. The third kappa shape index (κ3) is 4.38. The maximum Gasteiger partial charge on any atom is 0.334 e. The standard InChI is InChI=1S/C26H22F2N6O3/c27-19-4-1-5-20(28)24(19)37-18-8-6-16(7-9-18)34-23-21(11-13-31-25(23)30)33(26(34)36)17-3-2-14-32(15-17)22(35)10-12-29/h1,4-9,11,13,17H,2-3,10,14-15H2,(H2,30,31)/t17-/m1/s1. The largest absolute Gasteiger partial charge is 0.451 e. The van der Waals surface area contributed by atoms with Gasteiger partial charge in [0.15, 0.2) is 17.4 Å². The van der Waals surface area contributed by atoms with Gasteiger partial charge in [-0.3, -0.25) is 13.9 Å². The van der Waals surface area contributed by atoms with E-state index in [-0.39, 0.29) is 35.6 Å². The zero-order valence-corrected chi connectivity index (χ0v) is 19.6. The smallest absolute Gasteiger partial charge is 0.334 e. The maximum atomic E-state index is 14.0. The third-order valence-electron chi connectivity index (χ3n) is 6.39. The fraction of sp³-hybridized carbons (Fsp3) is 0.231. The van der Waals surface area contributed by atoms with Crippen molar-refractivity contribution in [1.29, 1.82) is 5.26 Å². The molecule has 2 N–H and O–H groups in total. The summed E-state index contributed by atoms with van der Waals surface area (Å²) in [5.74, 6) is -2.14. The quantitative estimate of drug-likeness (QED) is 0.440. The van der Waals surface area contributed by atoms with Gasteiger partial charge in [0, 0.05) is 19.3 Å². The first-order valence-corrected chi connectivity index (χ1v) is 11.6. The summed E-state index contributed by atoms with van der Waals surface area (Å²) < 4.78 is 36.4. The van der Waals surface area contributed by atoms with Crippen molar-refractivity contribution in [2.45, 2.75) is 25.3 Å². The number of nitriles is 1. The molecule has 0 radical (unpaired) electrons. The first kappa shape index (κ1) is 24.0. The highest BCUT2D eigenvalue weighted by molar-refractivity contribution is 5.87. The average Bonchev–Trinajstić information content (AvgIpc) is 3.20. The monoisotopic (exact) mass is 504 g/mol. The molecule has 2 aromatic carbocycles. The first-order chi connectivity index (χ1) is 17.9. The van der Waals surface area contributed by atoms with E-state index in [0.717, 1.165) is 12.1 Å². The Labute approximate surface area is 209 Å². The number of amides is 1. The molecule has 11 heteroatoms. The number of rotatable bonds is 5. The molecule has 1 amide bonds. The lowest BCUT2D eigenvalue weighted by molar-refractivity contribution is -0.131. The number of para-hydroxylation sites is 1. The summed E-state index contributed by atoms with van der Waals surface area (Å²) in [6.07, 6.45) is 2.64. The Morgan fingerprint density at radius 3 is 2.59 bits per heavy atom. The van der Waals surface area contributed by atoms with Crippen molar-refractivity contribution in [3.05, 3.63) is 76.8 Å². The van der Waals surface area contributed by atoms with E-state index in [2.05, 4.69) is 4.98 Å². The minimum absolute atomic E-state index is 0.148. The number of pyridine rings is 1. The van der Waals surface area contributed by atoms with E-state index < -0.39 is 17.4 Å². The number of carbonyl (C=O) groups is 1. The minimum atomic E-state index is -0.836. The maximum absolute atomic E-state index is 14.0. The molecule has 0 aliphatic carbocycles. The van der Waals surface area contributed by atoms with Crippen LogP contribution in [0.2, 0.25) is 0 Å². The molecule has 9 nitrogen and oxygen atoms in total. The number of hydrogen-bond donors (Lipinski definition) is 1. The van der Waals surface area contributed by atoms with Crippen molar-refractivity contribution >= 4 is 22.8 Å². The number of carbonyl (C=O) groups excluding carboxylic acids is 1. The Balaban J connectivity index is 1.54. The van der Waals surface area contributed by atoms with Crippen LogP contribution in [-0.4, -0.2) is 38.0 Å². The molecule has 1 saturated heterocycles. The van der Waals surface area contributed by atoms with Gasteiger partial charge in [-0.1, -0.05) is 6.07 Å². The van der Waals surface area contributed by atoms with E-state index in [1.165, 1.54) is 29.0 Å². The van der Waals surface area contributed by atoms with Crippen LogP contribution < -0.4 is 16.2 Å². The fourth-order valence-electron chi connectivity index (χ4n) is 4.71. The van der Waals surface area contributed by atoms with Gasteiger partial charge in [0.25, 0.3) is 0 Å². The normalized spacial score (nSPS) is 15.5. The predicted octanol–water partition coefficient (Wildman–Crippen LogP) is 3.92. The topological polar surface area (TPSA) is 119 Å². The molecule has 37 heavy (non-hydrogen) atoms. The fourth-order valence-corrected chi connectivity index (χ4v) is 4.71. The lowest BCUT2D eigenvalue weighted by atomic mass is 10.0. The molecule has 0 bridgehead atoms. The Morgan fingerprint density at radius 2 is 1.89 bits per heavy atom. The summed E-state index contributed by atoms with van der Waals surface area (Å²) in [5.41, 5.74) is 7.23. The molecule has 2 aromatic heterocycles. The van der Waals surface area contributed by atoms with Gasteiger partial charge in [-0.25, -0.2) is 18.6 Å². The second-order valence-electron chi connectivity index (χ2n) is 8.67. The lowest BCUT2D eigenvalue weighted by Gasteiger charge is -2.33. The average molecular weight is 504 g/mol. The molecule has 4 aromatic rings. The van der Waals surface area contributed by atoms with E-state index in [1.807, 2.05) is 6.07 Å². The van der Waals surface area contributed by atoms with E-state index in [9.17, 15) is 18.4 Å². The summed E-state index contributed by atoms with van der Waals surface area (Å²) in [6.45, 7) is 0.820. The van der Waals surface area contributed by atoms with E-state index in [1.54, 1.807) is 27.7 Å². The van der Waals surface area contributed by atoms with Gasteiger partial charge in [-0.2, -0.15) is 5.26 Å². The molecule has 5 rings (SSSR count). The number of likely N-dealkylation sites (tertiary alicyclic amines) is 1. The van der Waals surface area contributed by atoms with Crippen molar-refractivity contribution < 1.29 is 18.3 Å². The second kappa shape index (κ2) is 9.73. The van der Waals surface area contributed by atoms with Gasteiger partial charge < -0.3 is 15.4 Å². The third-order valence-corrected chi connectivity index (χ3v) is 6.39. The van der Waals surface area contributed by atoms with Crippen LogP contribution >= 0.6 is 0 Å². The molecule has 1 aliphatic heterocycles. The zero-order valence-electron chi connectivity index (χ0n) is 19.6. The zero-order chi connectivity index (χ0) is 26.1. The summed E-state index contributed by atoms with van der Waals surface area (Å²) in [7, 11) is 0. The van der Waals surface area contributed by atoms with E-state index in [0.29, 0.717) is 42.7 Å². The summed E-state index contributed by atoms with van der Waals surface area (Å²) in [5, 5.41) is 8.90. The lowest BCUT2D eigenvalue weighted by Crippen LogP contribution is -2.42. The number of nitrogens with two attached hydrogens (primary N) is 1. The summed E-state index contributed by atoms with van der Waals surface area (Å²) in [4.78, 5) is 31.8. The second-order valence-corrected chi connectivity index (χ2v) is 8.67. The molecular weight excluding hydrogens is 482 g/mol. The number of aromatic nitrogens is 3. The van der Waals surface area contributed by atoms with Crippen LogP contribution in [0.1, 0.15) is 25.3 Å². The van der Waals surface area contributed by atoms with Gasteiger partial charge in [-0.05, 0) is 55.3 Å². The molecule has 188 valence electrons. The summed E-state index contributed by atoms with van der Waals surface area (Å²) in [6, 6.07) is 12.8. The van der Waals surface area contributed by atoms with Crippen LogP contribution in [0, 0.1) is 23.0 Å². The van der Waals surface area contributed by atoms with Crippen molar-refractivity contribution in [2.24, 2.45) is 0 Å². The van der Waals surface area contributed by atoms with Crippen molar-refractivity contribution in [3.8, 4) is 23.3 Å². The number of hydrogen-bond acceptors (Lipinski definition) is 6. The Hall–Kier alpha value is -4.72. The number of fused-ring (bicyclic) bond motifs is 1. The van der Waals surface area contributed by atoms with Crippen molar-refractivity contribution in [1.82, 2.24) is 19.0 Å². The number of piperidine rings is 1. The van der Waals surface area contributed by atoms with Crippen LogP contribution in [0.25, 0.3) is 16.7 Å². The highest BCUT2D eigenvalue weighted by Gasteiger charge is 2.29. The predicted molar refractivity (Wildman–Crippen MR) is 131 cm³/mol. The van der Waals surface area contributed by atoms with E-state index in [4.69, 9.17) is 15.7 Å². The van der Waals surface area contributed by atoms with Gasteiger partial charge >= 0.3 is 5.69 Å². The van der Waals surface area contributed by atoms with Crippen LogP contribution in [0.15, 0.2) is 59.5 Å². The van der Waals surface area contributed by atoms with Crippen LogP contribution in [0.5, 0.6) is 11.5 Å². The number of nitrogens with zero attached hydrogens (tertiary/aromatic N) is 5. The molecule has 1 fully saturated rings. The highest BCUT2D eigenvalue weighted by Crippen LogP contribution is 2.31. The SMILES string of the molecule is N#CCC(=O)N1CCC[C@@H](n2c(=O)n(-c3ccc(Oc4c(F)cccc4F)cc3)c3c(N)nccc32)C1. The molecule has 0 unspecified atom stereocenters. The number of anilines is 1. The Bertz CT molecular complexity index is 1570. The highest BCUT2D eigenvalue weighted by atomic mass is 19.1. The number of imidazole rings is 1. The molecular formula is C26H22F2N6O3. The van der Waals surface area contributed by atoms with Gasteiger partial charge in [0.05, 0.1) is 23.3 Å². The van der Waals surface area contributed by atoms with E-state index >= 15 is 0 Å². The Morgan fingerprint density at radius 1 is 1.16 bits per heavy atom. The molecule has 0 spiro atoms. The van der Waals surface area contributed by atoms with Crippen LogP contribution in [0.3, 0.4) is 0 Å². The Kier molecular flexibility index (Phi) is 6.31. The van der Waals surface area contributed by atoms with Crippen LogP contribution in [-0.2, 0) is 4.79 Å². The number of nitrogen functional groups attached to an aromatic ring is 1. The van der Waals surface area contributed by atoms with Crippen molar-refractivity contribution in [3.63, 3.8) is 0 Å². The van der Waals surface area contributed by atoms with Crippen LogP contribution in [0.4, 0.5) is 14.6 Å². The first-order valence-electron chi connectivity index (χ1n) is 11.6. The molecule has 3 heterocycles. The van der Waals surface area contributed by atoms with Gasteiger partial charge in [0.2, 0.25) is 5.91 Å². The molecule has 1 aliphatic rings. The van der Waals surface area contributed by atoms with Gasteiger partial charge in [0.1, 0.15) is 23.5 Å². The summed E-state index contributed by atoms with van der Waals surface area (Å²) >= 11 is 0. The number of halogens is 2. The number of ether oxygens (including phenoxy) is 1. The van der Waals surface area contributed by atoms with Crippen molar-refractivity contribution in [2.75, 3.05) is 18.8 Å². The minimum Gasteiger partial charge on any atom is -0.451 e. The van der Waals surface area contributed by atoms with Gasteiger partial charge in [-0.15, -0.1) is 0 Å². The molecule has 0 saturated carbocycles.